The van der Waals surface area contributed by atoms with Crippen LogP contribution in [0, 0.1) is 5.41 Å². The first kappa shape index (κ1) is 27.6. The zero-order valence-electron chi connectivity index (χ0n) is 20.4. The maximum atomic E-state index is 12.2. The van der Waals surface area contributed by atoms with Gasteiger partial charge in [0.25, 0.3) is 0 Å². The van der Waals surface area contributed by atoms with Crippen LogP contribution in [0.25, 0.3) is 0 Å². The van der Waals surface area contributed by atoms with Crippen molar-refractivity contribution < 1.29 is 33.2 Å². The number of carbonyl (C=O) groups excluding carboxylic acids is 1. The van der Waals surface area contributed by atoms with Crippen LogP contribution in [0.5, 0.6) is 11.5 Å². The first-order valence-electron chi connectivity index (χ1n) is 12.3. The van der Waals surface area contributed by atoms with E-state index in [2.05, 4.69) is 20.1 Å². The van der Waals surface area contributed by atoms with Gasteiger partial charge in [0, 0.05) is 31.8 Å². The summed E-state index contributed by atoms with van der Waals surface area (Å²) in [4.78, 5) is 12.2. The summed E-state index contributed by atoms with van der Waals surface area (Å²) < 4.78 is 33.5. The molecule has 2 rings (SSSR count). The lowest BCUT2D eigenvalue weighted by Crippen LogP contribution is -2.30. The van der Waals surface area contributed by atoms with Crippen LogP contribution in [0.15, 0.2) is 18.2 Å². The summed E-state index contributed by atoms with van der Waals surface area (Å²) in [5.41, 5.74) is 0.313. The highest BCUT2D eigenvalue weighted by molar-refractivity contribution is 5.61. The van der Waals surface area contributed by atoms with E-state index in [1.807, 2.05) is 18.2 Å². The molecule has 0 atom stereocenters. The van der Waals surface area contributed by atoms with Gasteiger partial charge in [0.05, 0.1) is 26.4 Å². The summed E-state index contributed by atoms with van der Waals surface area (Å²) in [6, 6.07) is 5.81. The van der Waals surface area contributed by atoms with Gasteiger partial charge in [-0.15, -0.1) is 0 Å². The highest BCUT2D eigenvalue weighted by Gasteiger charge is 2.31. The lowest BCUT2D eigenvalue weighted by molar-refractivity contribution is 0.0251. The number of hydrogen-bond acceptors (Lipinski definition) is 7. The molecular weight excluding hydrogens is 424 g/mol. The van der Waals surface area contributed by atoms with Crippen LogP contribution >= 0.6 is 0 Å². The SMILES string of the molecule is CCCCOCCOCCC([C]=O)(CCOCCOCCCC)Cc1ccc2c(c1)OCO2. The second-order valence-corrected chi connectivity index (χ2v) is 8.40. The van der Waals surface area contributed by atoms with Gasteiger partial charge >= 0.3 is 0 Å². The van der Waals surface area contributed by atoms with Crippen molar-refractivity contribution in [3.05, 3.63) is 23.8 Å². The van der Waals surface area contributed by atoms with Crippen molar-refractivity contribution in [2.24, 2.45) is 5.41 Å². The molecule has 0 unspecified atom stereocenters. The molecule has 33 heavy (non-hydrogen) atoms. The third-order valence-corrected chi connectivity index (χ3v) is 5.67. The normalized spacial score (nSPS) is 12.9. The van der Waals surface area contributed by atoms with Crippen molar-refractivity contribution in [3.8, 4) is 11.5 Å². The molecule has 0 saturated heterocycles. The molecule has 0 aromatic heterocycles. The van der Waals surface area contributed by atoms with Crippen molar-refractivity contribution in [3.63, 3.8) is 0 Å². The quantitative estimate of drug-likeness (QED) is 0.248. The minimum Gasteiger partial charge on any atom is -0.454 e. The number of rotatable bonds is 21. The maximum absolute atomic E-state index is 12.2. The smallest absolute Gasteiger partial charge is 0.231 e. The van der Waals surface area contributed by atoms with Gasteiger partial charge in [-0.1, -0.05) is 32.8 Å². The van der Waals surface area contributed by atoms with Gasteiger partial charge in [0.1, 0.15) is 0 Å². The monoisotopic (exact) mass is 465 g/mol. The van der Waals surface area contributed by atoms with E-state index in [1.165, 1.54) is 0 Å². The molecule has 1 aromatic rings. The Bertz CT molecular complexity index is 630. The Morgan fingerprint density at radius 1 is 0.788 bits per heavy atom. The summed E-state index contributed by atoms with van der Waals surface area (Å²) in [5, 5.41) is 0. The molecule has 7 heteroatoms. The Balaban J connectivity index is 1.83. The van der Waals surface area contributed by atoms with E-state index in [9.17, 15) is 4.79 Å². The van der Waals surface area contributed by atoms with Crippen molar-refractivity contribution in [1.29, 1.82) is 0 Å². The summed E-state index contributed by atoms with van der Waals surface area (Å²) in [6.45, 7) is 9.15. The van der Waals surface area contributed by atoms with Crippen molar-refractivity contribution in [2.75, 3.05) is 59.6 Å². The Hall–Kier alpha value is -1.67. The zero-order chi connectivity index (χ0) is 23.6. The molecule has 0 N–H and O–H groups in total. The lowest BCUT2D eigenvalue weighted by Gasteiger charge is -2.27. The minimum absolute atomic E-state index is 0.228. The van der Waals surface area contributed by atoms with E-state index >= 15 is 0 Å². The number of fused-ring (bicyclic) bond motifs is 1. The van der Waals surface area contributed by atoms with Crippen LogP contribution < -0.4 is 9.47 Å². The molecule has 0 spiro atoms. The van der Waals surface area contributed by atoms with Crippen LogP contribution in [0.3, 0.4) is 0 Å². The van der Waals surface area contributed by atoms with E-state index in [0.717, 1.165) is 50.2 Å². The molecule has 0 aliphatic carbocycles. The molecule has 0 saturated carbocycles. The summed E-state index contributed by atoms with van der Waals surface area (Å²) in [7, 11) is 0. The fourth-order valence-electron chi connectivity index (χ4n) is 3.55. The standard InChI is InChI=1S/C26H41O7/c1-3-5-11-28-15-17-30-13-9-26(21-27,10-14-31-18-16-29-12-6-4-2)20-23-7-8-24-25(19-23)33-22-32-24/h7-8,19H,3-6,9-18,20,22H2,1-2H3. The lowest BCUT2D eigenvalue weighted by atomic mass is 9.77. The molecule has 7 nitrogen and oxygen atoms in total. The third-order valence-electron chi connectivity index (χ3n) is 5.67. The fourth-order valence-corrected chi connectivity index (χ4v) is 3.55. The molecule has 1 aromatic carbocycles. The highest BCUT2D eigenvalue weighted by Crippen LogP contribution is 2.36. The average molecular weight is 466 g/mol. The Kier molecular flexibility index (Phi) is 14.1. The van der Waals surface area contributed by atoms with Gasteiger partial charge in [-0.25, -0.2) is 0 Å². The maximum Gasteiger partial charge on any atom is 0.231 e. The second kappa shape index (κ2) is 16.9. The first-order valence-corrected chi connectivity index (χ1v) is 12.3. The van der Waals surface area contributed by atoms with E-state index < -0.39 is 5.41 Å². The summed E-state index contributed by atoms with van der Waals surface area (Å²) in [5.74, 6) is 1.45. The molecule has 0 amide bonds. The van der Waals surface area contributed by atoms with Crippen molar-refractivity contribution in [1.82, 2.24) is 0 Å². The molecule has 1 aliphatic rings. The van der Waals surface area contributed by atoms with E-state index in [1.54, 1.807) is 0 Å². The second-order valence-electron chi connectivity index (χ2n) is 8.40. The van der Waals surface area contributed by atoms with Gasteiger partial charge in [-0.2, -0.15) is 0 Å². The Morgan fingerprint density at radius 3 is 1.88 bits per heavy atom. The van der Waals surface area contributed by atoms with Crippen LogP contribution in [0.2, 0.25) is 0 Å². The Labute approximate surface area is 199 Å². The average Bonchev–Trinajstić information content (AvgIpc) is 3.30. The molecule has 1 aliphatic heterocycles. The number of unbranched alkanes of at least 4 members (excludes halogenated alkanes) is 2. The first-order chi connectivity index (χ1) is 16.2. The zero-order valence-corrected chi connectivity index (χ0v) is 20.4. The van der Waals surface area contributed by atoms with Crippen LogP contribution in [0.1, 0.15) is 57.9 Å². The van der Waals surface area contributed by atoms with E-state index in [4.69, 9.17) is 28.4 Å². The molecular formula is C26H41O7. The van der Waals surface area contributed by atoms with Crippen LogP contribution in [0.4, 0.5) is 0 Å². The third kappa shape index (κ3) is 10.9. The predicted molar refractivity (Wildman–Crippen MR) is 127 cm³/mol. The van der Waals surface area contributed by atoms with Gasteiger partial charge < -0.3 is 28.4 Å². The van der Waals surface area contributed by atoms with Gasteiger partial charge in [0.15, 0.2) is 11.5 Å². The van der Waals surface area contributed by atoms with Crippen LogP contribution in [-0.4, -0.2) is 65.9 Å². The summed E-state index contributed by atoms with van der Waals surface area (Å²) >= 11 is 0. The number of benzene rings is 1. The topological polar surface area (TPSA) is 72.5 Å². The van der Waals surface area contributed by atoms with Crippen molar-refractivity contribution in [2.45, 2.75) is 58.8 Å². The molecule has 0 fully saturated rings. The fraction of sp³-hybridized carbons (Fsp3) is 0.731. The molecule has 1 radical (unpaired) electrons. The minimum atomic E-state index is -0.695. The number of hydrogen-bond donors (Lipinski definition) is 0. The van der Waals surface area contributed by atoms with Gasteiger partial charge in [-0.3, -0.25) is 4.79 Å². The molecule has 187 valence electrons. The van der Waals surface area contributed by atoms with Crippen molar-refractivity contribution >= 4 is 6.29 Å². The largest absolute Gasteiger partial charge is 0.454 e. The predicted octanol–water partition coefficient (Wildman–Crippen LogP) is 4.50. The number of ether oxygens (including phenoxy) is 6. The Morgan fingerprint density at radius 2 is 1.33 bits per heavy atom. The van der Waals surface area contributed by atoms with E-state index in [-0.39, 0.29) is 6.79 Å². The summed E-state index contributed by atoms with van der Waals surface area (Å²) in [6.07, 6.45) is 8.35. The molecule has 1 heterocycles. The van der Waals surface area contributed by atoms with Gasteiger partial charge in [0.2, 0.25) is 13.1 Å². The molecule has 0 bridgehead atoms. The van der Waals surface area contributed by atoms with Gasteiger partial charge in [-0.05, 0) is 49.8 Å². The highest BCUT2D eigenvalue weighted by atomic mass is 16.7. The van der Waals surface area contributed by atoms with E-state index in [0.29, 0.717) is 64.7 Å². The van der Waals surface area contributed by atoms with Crippen LogP contribution in [-0.2, 0) is 30.2 Å².